The van der Waals surface area contributed by atoms with Gasteiger partial charge in [-0.3, -0.25) is 4.98 Å². The quantitative estimate of drug-likeness (QED) is 0.534. The van der Waals surface area contributed by atoms with E-state index in [2.05, 4.69) is 20.3 Å². The lowest BCUT2D eigenvalue weighted by Crippen LogP contribution is -2.20. The maximum absolute atomic E-state index is 15.0. The molecular weight excluding hydrogens is 328 g/mol. The van der Waals surface area contributed by atoms with E-state index in [1.807, 2.05) is 0 Å². The molecule has 0 bridgehead atoms. The number of carbonyl (C=O) groups is 1. The molecule has 25 heavy (non-hydrogen) atoms. The second kappa shape index (κ2) is 5.66. The van der Waals surface area contributed by atoms with Crippen LogP contribution in [0, 0.1) is 0 Å². The molecule has 0 aliphatic heterocycles. The maximum Gasteiger partial charge on any atom is 0.333 e. The van der Waals surface area contributed by atoms with E-state index < -0.39 is 11.7 Å². The Hall–Kier alpha value is -3.29. The van der Waals surface area contributed by atoms with E-state index in [-0.39, 0.29) is 17.6 Å². The van der Waals surface area contributed by atoms with Crippen LogP contribution in [0.1, 0.15) is 17.1 Å². The minimum absolute atomic E-state index is 0.0285. The van der Waals surface area contributed by atoms with Crippen molar-refractivity contribution >= 4 is 22.8 Å². The van der Waals surface area contributed by atoms with E-state index in [1.165, 1.54) is 24.3 Å². The molecule has 4 rings (SSSR count). The van der Waals surface area contributed by atoms with Crippen LogP contribution in [0.25, 0.3) is 16.6 Å². The van der Waals surface area contributed by atoms with E-state index >= 15 is 8.78 Å². The number of fused-ring (bicyclic) bond motifs is 2. The highest BCUT2D eigenvalue weighted by atomic mass is 19.3. The maximum atomic E-state index is 15.0. The molecule has 0 saturated heterocycles. The summed E-state index contributed by atoms with van der Waals surface area (Å²) >= 11 is 0. The molecular formula is C17H11F2N5O. The van der Waals surface area contributed by atoms with Gasteiger partial charge in [0.2, 0.25) is 5.82 Å². The standard InChI is InChI=1S/C17H11F2N5O/c18-17(19,12-3-5-14-11(10-12)2-1-8-20-14)16-22-21-15-6-4-13(7-9-25)23-24(15)16/h1-6,8-10H,7H2. The van der Waals surface area contributed by atoms with Crippen LogP contribution in [0.3, 0.4) is 0 Å². The first-order chi connectivity index (χ1) is 12.1. The summed E-state index contributed by atoms with van der Waals surface area (Å²) in [5, 5.41) is 12.0. The molecule has 0 N–H and O–H groups in total. The van der Waals surface area contributed by atoms with Gasteiger partial charge in [0.15, 0.2) is 5.65 Å². The van der Waals surface area contributed by atoms with Gasteiger partial charge in [-0.2, -0.15) is 18.4 Å². The Morgan fingerprint density at radius 1 is 1.12 bits per heavy atom. The lowest BCUT2D eigenvalue weighted by atomic mass is 10.0. The predicted octanol–water partition coefficient (Wildman–Crippen LogP) is 2.55. The predicted molar refractivity (Wildman–Crippen MR) is 85.3 cm³/mol. The molecule has 0 saturated carbocycles. The van der Waals surface area contributed by atoms with Crippen molar-refractivity contribution in [2.75, 3.05) is 0 Å². The first-order valence-electron chi connectivity index (χ1n) is 7.48. The van der Waals surface area contributed by atoms with Crippen molar-refractivity contribution < 1.29 is 13.6 Å². The summed E-state index contributed by atoms with van der Waals surface area (Å²) in [6, 6.07) is 10.7. The SMILES string of the molecule is O=CCc1ccc2nnc(C(F)(F)c3ccc4ncccc4c3)n2n1. The normalized spacial score (nSPS) is 11.9. The summed E-state index contributed by atoms with van der Waals surface area (Å²) in [7, 11) is 0. The van der Waals surface area contributed by atoms with Gasteiger partial charge in [0.25, 0.3) is 0 Å². The minimum Gasteiger partial charge on any atom is -0.303 e. The van der Waals surface area contributed by atoms with E-state index in [0.717, 1.165) is 4.52 Å². The molecule has 0 aliphatic carbocycles. The van der Waals surface area contributed by atoms with Crippen molar-refractivity contribution in [2.45, 2.75) is 12.3 Å². The number of nitrogens with zero attached hydrogens (tertiary/aromatic N) is 5. The summed E-state index contributed by atoms with van der Waals surface area (Å²) < 4.78 is 31.1. The van der Waals surface area contributed by atoms with Gasteiger partial charge in [-0.15, -0.1) is 10.2 Å². The van der Waals surface area contributed by atoms with E-state index in [1.54, 1.807) is 24.4 Å². The molecule has 0 amide bonds. The zero-order valence-corrected chi connectivity index (χ0v) is 12.8. The highest BCUT2D eigenvalue weighted by Crippen LogP contribution is 2.35. The van der Waals surface area contributed by atoms with Gasteiger partial charge in [-0.05, 0) is 30.3 Å². The Bertz CT molecular complexity index is 1090. The average Bonchev–Trinajstić information content (AvgIpc) is 3.05. The first kappa shape index (κ1) is 15.3. The number of carbonyl (C=O) groups excluding carboxylic acids is 1. The van der Waals surface area contributed by atoms with Gasteiger partial charge in [0, 0.05) is 23.6 Å². The third kappa shape index (κ3) is 2.51. The molecule has 6 nitrogen and oxygen atoms in total. The van der Waals surface area contributed by atoms with E-state index in [9.17, 15) is 4.79 Å². The number of aromatic nitrogens is 5. The fraction of sp³-hybridized carbons (Fsp3) is 0.118. The topological polar surface area (TPSA) is 73.0 Å². The van der Waals surface area contributed by atoms with Crippen molar-refractivity contribution in [3.05, 3.63) is 65.7 Å². The molecule has 4 aromatic rings. The number of hydrogen-bond acceptors (Lipinski definition) is 5. The molecule has 0 fully saturated rings. The van der Waals surface area contributed by atoms with Crippen molar-refractivity contribution in [1.29, 1.82) is 0 Å². The van der Waals surface area contributed by atoms with Crippen LogP contribution >= 0.6 is 0 Å². The highest BCUT2D eigenvalue weighted by Gasteiger charge is 2.40. The minimum atomic E-state index is -3.41. The monoisotopic (exact) mass is 339 g/mol. The van der Waals surface area contributed by atoms with Crippen LogP contribution in [0.2, 0.25) is 0 Å². The fourth-order valence-electron chi connectivity index (χ4n) is 2.62. The zero-order valence-electron chi connectivity index (χ0n) is 12.8. The summed E-state index contributed by atoms with van der Waals surface area (Å²) in [5.41, 5.74) is 0.943. The number of pyridine rings is 1. The number of hydrogen-bond donors (Lipinski definition) is 0. The Morgan fingerprint density at radius 2 is 2.00 bits per heavy atom. The smallest absolute Gasteiger partial charge is 0.303 e. The number of benzene rings is 1. The average molecular weight is 339 g/mol. The molecule has 0 radical (unpaired) electrons. The molecule has 3 aromatic heterocycles. The van der Waals surface area contributed by atoms with Crippen LogP contribution in [0.4, 0.5) is 8.78 Å². The first-order valence-corrected chi connectivity index (χ1v) is 7.48. The lowest BCUT2D eigenvalue weighted by molar-refractivity contribution is -0.107. The van der Waals surface area contributed by atoms with Crippen LogP contribution in [0.15, 0.2) is 48.7 Å². The van der Waals surface area contributed by atoms with E-state index in [0.29, 0.717) is 22.9 Å². The van der Waals surface area contributed by atoms with Crippen LogP contribution in [0.5, 0.6) is 0 Å². The van der Waals surface area contributed by atoms with Gasteiger partial charge in [-0.1, -0.05) is 12.1 Å². The fourth-order valence-corrected chi connectivity index (χ4v) is 2.62. The van der Waals surface area contributed by atoms with Gasteiger partial charge in [0.05, 0.1) is 11.2 Å². The van der Waals surface area contributed by atoms with Crippen molar-refractivity contribution in [3.63, 3.8) is 0 Å². The third-order valence-electron chi connectivity index (χ3n) is 3.86. The molecule has 3 heterocycles. The molecule has 0 unspecified atom stereocenters. The largest absolute Gasteiger partial charge is 0.333 e. The van der Waals surface area contributed by atoms with Gasteiger partial charge in [0.1, 0.15) is 6.29 Å². The molecule has 124 valence electrons. The van der Waals surface area contributed by atoms with Gasteiger partial charge < -0.3 is 4.79 Å². The summed E-state index contributed by atoms with van der Waals surface area (Å²) in [5.74, 6) is -4.01. The second-order valence-electron chi connectivity index (χ2n) is 5.47. The van der Waals surface area contributed by atoms with Crippen LogP contribution < -0.4 is 0 Å². The summed E-state index contributed by atoms with van der Waals surface area (Å²) in [4.78, 5) is 14.8. The molecule has 1 aromatic carbocycles. The van der Waals surface area contributed by atoms with Crippen molar-refractivity contribution in [3.8, 4) is 0 Å². The van der Waals surface area contributed by atoms with Crippen molar-refractivity contribution in [1.82, 2.24) is 24.8 Å². The Balaban J connectivity index is 1.87. The Kier molecular flexibility index (Phi) is 3.45. The van der Waals surface area contributed by atoms with Crippen LogP contribution in [-0.2, 0) is 17.1 Å². The number of aldehydes is 1. The number of alkyl halides is 2. The lowest BCUT2D eigenvalue weighted by Gasteiger charge is -2.15. The number of rotatable bonds is 4. The third-order valence-corrected chi connectivity index (χ3v) is 3.86. The van der Waals surface area contributed by atoms with Crippen LogP contribution in [-0.4, -0.2) is 31.1 Å². The Morgan fingerprint density at radius 3 is 2.84 bits per heavy atom. The molecule has 0 aliphatic rings. The van der Waals surface area contributed by atoms with Gasteiger partial charge >= 0.3 is 5.92 Å². The molecule has 0 atom stereocenters. The molecule has 8 heteroatoms. The summed E-state index contributed by atoms with van der Waals surface area (Å²) in [6.45, 7) is 0. The Labute approximate surface area is 140 Å². The van der Waals surface area contributed by atoms with E-state index in [4.69, 9.17) is 0 Å². The zero-order chi connectivity index (χ0) is 17.4. The summed E-state index contributed by atoms with van der Waals surface area (Å²) in [6.07, 6.45) is 2.29. The second-order valence-corrected chi connectivity index (χ2v) is 5.47. The van der Waals surface area contributed by atoms with Gasteiger partial charge in [-0.25, -0.2) is 0 Å². The number of halogens is 2. The van der Waals surface area contributed by atoms with Crippen molar-refractivity contribution in [2.24, 2.45) is 0 Å². The molecule has 0 spiro atoms. The highest BCUT2D eigenvalue weighted by molar-refractivity contribution is 5.79.